The molecule has 0 unspecified atom stereocenters. The molecule has 4 N–H and O–H groups in total. The zero-order chi connectivity index (χ0) is 43.3. The van der Waals surface area contributed by atoms with Gasteiger partial charge in [0.05, 0.1) is 19.6 Å². The summed E-state index contributed by atoms with van der Waals surface area (Å²) >= 11 is 0. The van der Waals surface area contributed by atoms with Gasteiger partial charge in [0.1, 0.15) is 0 Å². The molecule has 0 spiro atoms. The van der Waals surface area contributed by atoms with Gasteiger partial charge in [-0.25, -0.2) is 52.6 Å². The minimum Gasteiger partial charge on any atom is -0.207 e. The average Bonchev–Trinajstić information content (AvgIpc) is 3.21. The minimum atomic E-state index is -3.94. The topological polar surface area (TPSA) is 185 Å². The van der Waals surface area contributed by atoms with Crippen LogP contribution < -0.4 is 18.9 Å². The first-order valence-corrected chi connectivity index (χ1v) is 24.7. The molecule has 0 aliphatic heterocycles. The van der Waals surface area contributed by atoms with Gasteiger partial charge in [-0.15, -0.1) is 0 Å². The maximum Gasteiger partial charge on any atom is 0.240 e. The second-order valence-corrected chi connectivity index (χ2v) is 21.7. The Morgan fingerprint density at radius 2 is 0.483 bits per heavy atom. The molecule has 0 aliphatic rings. The normalized spacial score (nSPS) is 12.4. The average molecular weight is 887 g/mol. The molecule has 6 rings (SSSR count). The minimum absolute atomic E-state index is 0.0776. The van der Waals surface area contributed by atoms with Crippen LogP contribution in [0.15, 0.2) is 153 Å². The van der Waals surface area contributed by atoms with Crippen molar-refractivity contribution in [3.05, 3.63) is 178 Å². The first-order chi connectivity index (χ1) is 28.3. The third-order valence-corrected chi connectivity index (χ3v) is 15.3. The Morgan fingerprint density at radius 1 is 0.300 bits per heavy atom. The van der Waals surface area contributed by atoms with Crippen LogP contribution >= 0.6 is 0 Å². The lowest BCUT2D eigenvalue weighted by atomic mass is 9.96. The molecule has 12 nitrogen and oxygen atoms in total. The standard InChI is InChI=1S/C44H46N4O8S4/c1-31-5-13-41(14-6-31)57(49,50)45-27-35-21-36(28-46-58(51,52)42-15-7-32(2)8-16-42)24-39(23-35)40-25-37(29-47-59(53,54)43-17-9-33(3)10-18-43)22-38(26-40)30-48-60(55,56)44-19-11-34(4)12-20-44/h5-26,45-48H,27-30H2,1-4H3. The molecule has 0 radical (unpaired) electrons. The van der Waals surface area contributed by atoms with Gasteiger partial charge in [0.15, 0.2) is 0 Å². The monoisotopic (exact) mass is 886 g/mol. The van der Waals surface area contributed by atoms with E-state index in [1.165, 1.54) is 48.5 Å². The van der Waals surface area contributed by atoms with Crippen LogP contribution in [0.4, 0.5) is 0 Å². The van der Waals surface area contributed by atoms with Crippen molar-refractivity contribution in [2.45, 2.75) is 73.5 Å². The van der Waals surface area contributed by atoms with Crippen molar-refractivity contribution < 1.29 is 33.7 Å². The van der Waals surface area contributed by atoms with E-state index in [0.29, 0.717) is 33.4 Å². The fourth-order valence-electron chi connectivity index (χ4n) is 6.18. The van der Waals surface area contributed by atoms with E-state index in [4.69, 9.17) is 0 Å². The molecule has 0 aromatic heterocycles. The highest BCUT2D eigenvalue weighted by molar-refractivity contribution is 7.90. The van der Waals surface area contributed by atoms with Gasteiger partial charge in [0, 0.05) is 26.2 Å². The molecule has 0 aliphatic carbocycles. The van der Waals surface area contributed by atoms with E-state index >= 15 is 0 Å². The van der Waals surface area contributed by atoms with E-state index in [2.05, 4.69) is 18.9 Å². The molecule has 16 heteroatoms. The zero-order valence-electron chi connectivity index (χ0n) is 33.4. The Hall–Kier alpha value is -5.04. The molecule has 0 heterocycles. The zero-order valence-corrected chi connectivity index (χ0v) is 36.7. The lowest BCUT2D eigenvalue weighted by Crippen LogP contribution is -2.25. The number of nitrogens with one attached hydrogen (secondary N) is 4. The fourth-order valence-corrected chi connectivity index (χ4v) is 10.3. The van der Waals surface area contributed by atoms with E-state index in [-0.39, 0.29) is 45.8 Å². The Bertz CT molecular complexity index is 2540. The maximum absolute atomic E-state index is 13.3. The van der Waals surface area contributed by atoms with Crippen LogP contribution in [0, 0.1) is 27.7 Å². The largest absolute Gasteiger partial charge is 0.240 e. The molecule has 314 valence electrons. The van der Waals surface area contributed by atoms with Crippen molar-refractivity contribution in [2.24, 2.45) is 0 Å². The van der Waals surface area contributed by atoms with Crippen LogP contribution in [-0.4, -0.2) is 33.7 Å². The summed E-state index contributed by atoms with van der Waals surface area (Å²) in [6, 6.07) is 36.0. The summed E-state index contributed by atoms with van der Waals surface area (Å²) in [6.07, 6.45) is 0. The van der Waals surface area contributed by atoms with Gasteiger partial charge in [-0.2, -0.15) is 0 Å². The SMILES string of the molecule is Cc1ccc(S(=O)(=O)NCc2cc(CNS(=O)(=O)c3ccc(C)cc3)cc(-c3cc(CNS(=O)(=O)c4ccc(C)cc4)cc(CNS(=O)(=O)c4ccc(C)cc4)c3)c2)cc1. The predicted octanol–water partition coefficient (Wildman–Crippen LogP) is 6.50. The Labute approximate surface area is 353 Å². The van der Waals surface area contributed by atoms with E-state index in [1.807, 2.05) is 27.7 Å². The third kappa shape index (κ3) is 11.6. The number of benzene rings is 6. The fraction of sp³-hybridized carbons (Fsp3) is 0.182. The lowest BCUT2D eigenvalue weighted by molar-refractivity contribution is 0.578. The highest BCUT2D eigenvalue weighted by Crippen LogP contribution is 2.27. The summed E-state index contributed by atoms with van der Waals surface area (Å²) in [5, 5.41) is 0. The number of rotatable bonds is 17. The number of hydrogen-bond acceptors (Lipinski definition) is 8. The molecule has 6 aromatic carbocycles. The smallest absolute Gasteiger partial charge is 0.207 e. The molecule has 0 saturated heterocycles. The van der Waals surface area contributed by atoms with E-state index in [9.17, 15) is 33.7 Å². The van der Waals surface area contributed by atoms with Crippen LogP contribution in [0.25, 0.3) is 11.1 Å². The predicted molar refractivity (Wildman–Crippen MR) is 233 cm³/mol. The quantitative estimate of drug-likeness (QED) is 0.0800. The Kier molecular flexibility index (Phi) is 13.6. The van der Waals surface area contributed by atoms with Crippen LogP contribution in [0.1, 0.15) is 44.5 Å². The van der Waals surface area contributed by atoms with E-state index in [0.717, 1.165) is 22.3 Å². The van der Waals surface area contributed by atoms with Crippen molar-refractivity contribution in [3.8, 4) is 11.1 Å². The van der Waals surface area contributed by atoms with Gasteiger partial charge in [-0.1, -0.05) is 82.9 Å². The van der Waals surface area contributed by atoms with Crippen LogP contribution in [-0.2, 0) is 66.3 Å². The van der Waals surface area contributed by atoms with Crippen molar-refractivity contribution in [1.29, 1.82) is 0 Å². The Morgan fingerprint density at radius 3 is 0.667 bits per heavy atom. The first kappa shape index (κ1) is 44.5. The van der Waals surface area contributed by atoms with Crippen LogP contribution in [0.3, 0.4) is 0 Å². The summed E-state index contributed by atoms with van der Waals surface area (Å²) in [5.41, 5.74) is 6.66. The summed E-state index contributed by atoms with van der Waals surface area (Å²) < 4.78 is 117. The molecular weight excluding hydrogens is 841 g/mol. The second-order valence-electron chi connectivity index (χ2n) is 14.6. The molecular formula is C44H46N4O8S4. The summed E-state index contributed by atoms with van der Waals surface area (Å²) in [5.74, 6) is 0. The van der Waals surface area contributed by atoms with Gasteiger partial charge in [-0.3, -0.25) is 0 Å². The highest BCUT2D eigenvalue weighted by Gasteiger charge is 2.19. The number of sulfonamides is 4. The molecule has 60 heavy (non-hydrogen) atoms. The van der Waals surface area contributed by atoms with Gasteiger partial charge in [0.2, 0.25) is 40.1 Å². The molecule has 0 fully saturated rings. The lowest BCUT2D eigenvalue weighted by Gasteiger charge is -2.16. The van der Waals surface area contributed by atoms with Gasteiger partial charge < -0.3 is 0 Å². The summed E-state index contributed by atoms with van der Waals surface area (Å²) in [4.78, 5) is 0.311. The van der Waals surface area contributed by atoms with Crippen LogP contribution in [0.5, 0.6) is 0 Å². The molecule has 0 amide bonds. The highest BCUT2D eigenvalue weighted by atomic mass is 32.2. The summed E-state index contributed by atoms with van der Waals surface area (Å²) in [7, 11) is -15.8. The third-order valence-electron chi connectivity index (χ3n) is 9.63. The van der Waals surface area contributed by atoms with E-state index in [1.54, 1.807) is 84.9 Å². The second kappa shape index (κ2) is 18.3. The maximum atomic E-state index is 13.3. The van der Waals surface area contributed by atoms with E-state index < -0.39 is 40.1 Å². The van der Waals surface area contributed by atoms with Crippen molar-refractivity contribution >= 4 is 40.1 Å². The van der Waals surface area contributed by atoms with Gasteiger partial charge >= 0.3 is 0 Å². The first-order valence-electron chi connectivity index (χ1n) is 18.8. The molecule has 6 aromatic rings. The Balaban J connectivity index is 1.38. The summed E-state index contributed by atoms with van der Waals surface area (Å²) in [6.45, 7) is 6.79. The van der Waals surface area contributed by atoms with Crippen molar-refractivity contribution in [2.75, 3.05) is 0 Å². The number of hydrogen-bond donors (Lipinski definition) is 4. The number of aryl methyl sites for hydroxylation is 4. The molecule has 0 atom stereocenters. The van der Waals surface area contributed by atoms with Crippen molar-refractivity contribution in [3.63, 3.8) is 0 Å². The molecule has 0 bridgehead atoms. The molecule has 0 saturated carbocycles. The van der Waals surface area contributed by atoms with Crippen LogP contribution in [0.2, 0.25) is 0 Å². The van der Waals surface area contributed by atoms with Crippen molar-refractivity contribution in [1.82, 2.24) is 18.9 Å². The van der Waals surface area contributed by atoms with Gasteiger partial charge in [0.25, 0.3) is 0 Å². The van der Waals surface area contributed by atoms with Gasteiger partial charge in [-0.05, 0) is 134 Å².